The van der Waals surface area contributed by atoms with Gasteiger partial charge in [0.1, 0.15) is 0 Å². The molecule has 0 aromatic carbocycles. The molecule has 114 valence electrons. The first kappa shape index (κ1) is 14.7. The van der Waals surface area contributed by atoms with Gasteiger partial charge < -0.3 is 14.6 Å². The molecule has 3 heterocycles. The number of hydrogen-bond donors (Lipinski definition) is 1. The third kappa shape index (κ3) is 3.36. The van der Waals surface area contributed by atoms with Crippen molar-refractivity contribution < 1.29 is 8.83 Å². The van der Waals surface area contributed by atoms with Crippen molar-refractivity contribution >= 4 is 15.9 Å². The third-order valence-corrected chi connectivity index (χ3v) is 4.44. The van der Waals surface area contributed by atoms with Crippen molar-refractivity contribution in [3.63, 3.8) is 0 Å². The maximum atomic E-state index is 6.13. The van der Waals surface area contributed by atoms with Crippen molar-refractivity contribution in [2.24, 2.45) is 11.7 Å². The van der Waals surface area contributed by atoms with Crippen LogP contribution in [0.25, 0.3) is 11.7 Å². The van der Waals surface area contributed by atoms with Gasteiger partial charge in [0.15, 0.2) is 10.4 Å². The predicted octanol–water partition coefficient (Wildman–Crippen LogP) is 2.65. The van der Waals surface area contributed by atoms with Crippen LogP contribution in [0.4, 0.5) is 0 Å². The highest BCUT2D eigenvalue weighted by Crippen LogP contribution is 2.25. The molecule has 0 radical (unpaired) electrons. The fraction of sp³-hybridized carbons (Fsp3) is 0.571. The molecular weight excluding hydrogens is 336 g/mol. The zero-order valence-corrected chi connectivity index (χ0v) is 13.5. The van der Waals surface area contributed by atoms with Crippen molar-refractivity contribution in [2.45, 2.75) is 32.4 Å². The standard InChI is InChI=1S/C14H19BrN4O2/c1-2-9-7-19(6-5-10(9)16)8-13-17-18-14(21-13)11-3-4-12(15)20-11/h3-4,9-10H,2,5-8,16H2,1H3. The van der Waals surface area contributed by atoms with E-state index in [4.69, 9.17) is 14.6 Å². The maximum absolute atomic E-state index is 6.13. The smallest absolute Gasteiger partial charge is 0.283 e. The van der Waals surface area contributed by atoms with Gasteiger partial charge in [-0.15, -0.1) is 10.2 Å². The van der Waals surface area contributed by atoms with Gasteiger partial charge in [-0.1, -0.05) is 13.3 Å². The van der Waals surface area contributed by atoms with E-state index in [1.54, 1.807) is 12.1 Å². The van der Waals surface area contributed by atoms with E-state index >= 15 is 0 Å². The van der Waals surface area contributed by atoms with Gasteiger partial charge in [-0.25, -0.2) is 0 Å². The van der Waals surface area contributed by atoms with E-state index in [9.17, 15) is 0 Å². The van der Waals surface area contributed by atoms with Gasteiger partial charge in [-0.05, 0) is 40.4 Å². The molecule has 1 saturated heterocycles. The number of aromatic nitrogens is 2. The average molecular weight is 355 g/mol. The predicted molar refractivity (Wildman–Crippen MR) is 81.4 cm³/mol. The Labute approximate surface area is 131 Å². The Kier molecular flexibility index (Phi) is 4.42. The van der Waals surface area contributed by atoms with E-state index in [0.717, 1.165) is 25.9 Å². The molecular formula is C14H19BrN4O2. The molecule has 2 atom stereocenters. The van der Waals surface area contributed by atoms with E-state index in [2.05, 4.69) is 38.0 Å². The molecule has 3 rings (SSSR count). The summed E-state index contributed by atoms with van der Waals surface area (Å²) in [5.74, 6) is 2.15. The van der Waals surface area contributed by atoms with Crippen molar-refractivity contribution in [3.05, 3.63) is 22.7 Å². The Balaban J connectivity index is 1.65. The summed E-state index contributed by atoms with van der Waals surface area (Å²) in [6.45, 7) is 4.81. The Morgan fingerprint density at radius 2 is 2.24 bits per heavy atom. The van der Waals surface area contributed by atoms with Gasteiger partial charge in [-0.3, -0.25) is 4.90 Å². The van der Waals surface area contributed by atoms with Crippen LogP contribution in [0.3, 0.4) is 0 Å². The van der Waals surface area contributed by atoms with Crippen molar-refractivity contribution in [2.75, 3.05) is 13.1 Å². The lowest BCUT2D eigenvalue weighted by atomic mass is 9.91. The van der Waals surface area contributed by atoms with Crippen LogP contribution in [0.15, 0.2) is 25.6 Å². The summed E-state index contributed by atoms with van der Waals surface area (Å²) in [7, 11) is 0. The molecule has 2 N–H and O–H groups in total. The number of halogens is 1. The summed E-state index contributed by atoms with van der Waals surface area (Å²) in [4.78, 5) is 2.33. The van der Waals surface area contributed by atoms with E-state index in [0.29, 0.717) is 40.7 Å². The molecule has 2 aromatic heterocycles. The molecule has 0 aliphatic carbocycles. The summed E-state index contributed by atoms with van der Waals surface area (Å²) in [5, 5.41) is 8.14. The Bertz CT molecular complexity index is 597. The molecule has 2 unspecified atom stereocenters. The lowest BCUT2D eigenvalue weighted by Crippen LogP contribution is -2.46. The molecule has 0 amide bonds. The summed E-state index contributed by atoms with van der Waals surface area (Å²) in [5.41, 5.74) is 6.13. The second kappa shape index (κ2) is 6.29. The molecule has 1 aliphatic heterocycles. The van der Waals surface area contributed by atoms with Crippen LogP contribution in [0.2, 0.25) is 0 Å². The van der Waals surface area contributed by atoms with Crippen molar-refractivity contribution in [1.29, 1.82) is 0 Å². The molecule has 0 spiro atoms. The van der Waals surface area contributed by atoms with Crippen LogP contribution in [0.1, 0.15) is 25.7 Å². The first-order chi connectivity index (χ1) is 10.2. The summed E-state index contributed by atoms with van der Waals surface area (Å²) >= 11 is 3.26. The number of piperidine rings is 1. The van der Waals surface area contributed by atoms with Gasteiger partial charge in [0.05, 0.1) is 6.54 Å². The highest BCUT2D eigenvalue weighted by atomic mass is 79.9. The molecule has 0 bridgehead atoms. The second-order valence-electron chi connectivity index (χ2n) is 5.46. The van der Waals surface area contributed by atoms with E-state index < -0.39 is 0 Å². The molecule has 1 fully saturated rings. The van der Waals surface area contributed by atoms with Crippen molar-refractivity contribution in [1.82, 2.24) is 15.1 Å². The first-order valence-electron chi connectivity index (χ1n) is 7.21. The minimum atomic E-state index is 0.310. The second-order valence-corrected chi connectivity index (χ2v) is 6.24. The summed E-state index contributed by atoms with van der Waals surface area (Å²) < 4.78 is 11.7. The Hall–Kier alpha value is -1.18. The van der Waals surface area contributed by atoms with E-state index in [-0.39, 0.29) is 0 Å². The Morgan fingerprint density at radius 1 is 1.38 bits per heavy atom. The maximum Gasteiger partial charge on any atom is 0.283 e. The van der Waals surface area contributed by atoms with Gasteiger partial charge in [-0.2, -0.15) is 0 Å². The monoisotopic (exact) mass is 354 g/mol. The quantitative estimate of drug-likeness (QED) is 0.908. The fourth-order valence-electron chi connectivity index (χ4n) is 2.74. The number of hydrogen-bond acceptors (Lipinski definition) is 6. The van der Waals surface area contributed by atoms with Crippen LogP contribution >= 0.6 is 15.9 Å². The van der Waals surface area contributed by atoms with Gasteiger partial charge in [0.25, 0.3) is 5.89 Å². The molecule has 7 heteroatoms. The lowest BCUT2D eigenvalue weighted by Gasteiger charge is -2.35. The number of rotatable bonds is 4. The largest absolute Gasteiger partial charge is 0.444 e. The van der Waals surface area contributed by atoms with Gasteiger partial charge in [0.2, 0.25) is 5.89 Å². The lowest BCUT2D eigenvalue weighted by molar-refractivity contribution is 0.135. The molecule has 2 aromatic rings. The molecule has 1 aliphatic rings. The summed E-state index contributed by atoms with van der Waals surface area (Å²) in [6.07, 6.45) is 2.12. The van der Waals surface area contributed by atoms with E-state index in [1.807, 2.05) is 0 Å². The van der Waals surface area contributed by atoms with Gasteiger partial charge >= 0.3 is 0 Å². The minimum Gasteiger partial charge on any atom is -0.444 e. The molecule has 0 saturated carbocycles. The summed E-state index contributed by atoms with van der Waals surface area (Å²) in [6, 6.07) is 3.91. The zero-order valence-electron chi connectivity index (χ0n) is 12.0. The topological polar surface area (TPSA) is 81.3 Å². The van der Waals surface area contributed by atoms with Crippen LogP contribution in [-0.4, -0.2) is 34.2 Å². The zero-order chi connectivity index (χ0) is 14.8. The fourth-order valence-corrected chi connectivity index (χ4v) is 3.05. The third-order valence-electron chi connectivity index (χ3n) is 4.01. The van der Waals surface area contributed by atoms with Crippen LogP contribution in [0.5, 0.6) is 0 Å². The van der Waals surface area contributed by atoms with Crippen LogP contribution in [0, 0.1) is 5.92 Å². The Morgan fingerprint density at radius 3 is 2.95 bits per heavy atom. The molecule has 6 nitrogen and oxygen atoms in total. The average Bonchev–Trinajstić information content (AvgIpc) is 3.10. The number of nitrogens with two attached hydrogens (primary N) is 1. The highest BCUT2D eigenvalue weighted by Gasteiger charge is 2.26. The van der Waals surface area contributed by atoms with Crippen LogP contribution in [-0.2, 0) is 6.54 Å². The van der Waals surface area contributed by atoms with E-state index in [1.165, 1.54) is 0 Å². The molecule has 21 heavy (non-hydrogen) atoms. The highest BCUT2D eigenvalue weighted by molar-refractivity contribution is 9.10. The van der Waals surface area contributed by atoms with Crippen LogP contribution < -0.4 is 5.73 Å². The van der Waals surface area contributed by atoms with Crippen molar-refractivity contribution in [3.8, 4) is 11.7 Å². The SMILES string of the molecule is CCC1CN(Cc2nnc(-c3ccc(Br)o3)o2)CCC1N. The number of nitrogens with zero attached hydrogens (tertiary/aromatic N) is 3. The number of likely N-dealkylation sites (tertiary alicyclic amines) is 1. The minimum absolute atomic E-state index is 0.310. The number of furan rings is 1. The normalized spacial score (nSPS) is 23.6. The van der Waals surface area contributed by atoms with Gasteiger partial charge in [0, 0.05) is 19.1 Å². The first-order valence-corrected chi connectivity index (χ1v) is 8.01.